The van der Waals surface area contributed by atoms with Crippen LogP contribution in [-0.2, 0) is 12.8 Å². The molecular weight excluding hydrogens is 1040 g/mol. The third-order valence-corrected chi connectivity index (χ3v) is 11.7. The van der Waals surface area contributed by atoms with Crippen LogP contribution < -0.4 is 37.2 Å². The SMILES string of the molecule is CC(C)Cc1nc2nc(n1)NC(=O)c1cc(cc(C(=O)C(C)C)c1)C(=O)Nc1nc(nc(NC(C)C)n1)NC(=O)c1cc(cc(C(=O)C(C)C)c1)C(=O)Nc1nc(nc(NC(C)C)n1)CC(=O)c1cc(cc(C(=O)C(C)C)c1)C(=O)N2. The molecule has 0 atom stereocenters. The molecule has 7 N–H and O–H groups in total. The highest BCUT2D eigenvalue weighted by atomic mass is 16.2. The van der Waals surface area contributed by atoms with Crippen molar-refractivity contribution in [1.29, 1.82) is 0 Å². The van der Waals surface area contributed by atoms with Crippen molar-refractivity contribution >= 4 is 94.3 Å². The summed E-state index contributed by atoms with van der Waals surface area (Å²) in [7, 11) is 0. The number of carbonyl (C=O) groups excluding carboxylic acids is 9. The molecule has 3 aromatic heterocycles. The topological polar surface area (TPSA) is 354 Å². The number of nitrogens with zero attached hydrogens (tertiary/aromatic N) is 9. The summed E-state index contributed by atoms with van der Waals surface area (Å²) in [5.41, 5.74) is -0.929. The molecular formula is C56H62N16O9. The molecule has 3 aromatic carbocycles. The van der Waals surface area contributed by atoms with Crippen LogP contribution in [0.5, 0.6) is 0 Å². The van der Waals surface area contributed by atoms with Gasteiger partial charge in [0, 0.05) is 86.3 Å². The molecule has 420 valence electrons. The number of aromatic nitrogens is 9. The molecule has 0 saturated heterocycles. The smallest absolute Gasteiger partial charge is 0.258 e. The van der Waals surface area contributed by atoms with Gasteiger partial charge < -0.3 is 10.6 Å². The fourth-order valence-corrected chi connectivity index (χ4v) is 7.92. The molecule has 0 aliphatic carbocycles. The molecule has 6 aromatic rings. The van der Waals surface area contributed by atoms with E-state index >= 15 is 0 Å². The van der Waals surface area contributed by atoms with Gasteiger partial charge in [0.15, 0.2) is 23.1 Å². The number of hydrogen-bond donors (Lipinski definition) is 7. The first-order valence-corrected chi connectivity index (χ1v) is 26.1. The Bertz CT molecular complexity index is 3010. The number of fused-ring (bicyclic) bond motifs is 12. The highest BCUT2D eigenvalue weighted by Gasteiger charge is 2.26. The van der Waals surface area contributed by atoms with Crippen molar-refractivity contribution in [2.45, 2.75) is 108 Å². The first-order chi connectivity index (χ1) is 38.2. The molecule has 4 heterocycles. The Balaban J connectivity index is 1.41. The van der Waals surface area contributed by atoms with Gasteiger partial charge in [-0.1, -0.05) is 55.4 Å². The van der Waals surface area contributed by atoms with Gasteiger partial charge in [-0.05, 0) is 88.2 Å². The van der Waals surface area contributed by atoms with Crippen LogP contribution in [0.1, 0.15) is 188 Å². The number of anilines is 7. The zero-order chi connectivity index (χ0) is 59.1. The minimum atomic E-state index is -0.887. The molecule has 1 aliphatic rings. The van der Waals surface area contributed by atoms with Crippen LogP contribution in [0.15, 0.2) is 54.6 Å². The summed E-state index contributed by atoms with van der Waals surface area (Å²) < 4.78 is 0. The van der Waals surface area contributed by atoms with Crippen molar-refractivity contribution in [3.63, 3.8) is 0 Å². The Hall–Kier alpha value is -9.68. The van der Waals surface area contributed by atoms with Gasteiger partial charge in [-0.2, -0.15) is 44.9 Å². The van der Waals surface area contributed by atoms with E-state index in [1.807, 2.05) is 13.8 Å². The molecule has 7 rings (SSSR count). The zero-order valence-corrected chi connectivity index (χ0v) is 46.8. The van der Waals surface area contributed by atoms with Gasteiger partial charge in [-0.3, -0.25) is 69.7 Å². The van der Waals surface area contributed by atoms with Gasteiger partial charge in [0.2, 0.25) is 41.6 Å². The third-order valence-electron chi connectivity index (χ3n) is 11.7. The van der Waals surface area contributed by atoms with Crippen LogP contribution >= 0.6 is 0 Å². The normalized spacial score (nSPS) is 13.4. The van der Waals surface area contributed by atoms with Crippen molar-refractivity contribution in [3.8, 4) is 0 Å². The van der Waals surface area contributed by atoms with Crippen LogP contribution in [0, 0.1) is 23.7 Å². The summed E-state index contributed by atoms with van der Waals surface area (Å²) in [5.74, 6) is -9.71. The second-order valence-corrected chi connectivity index (χ2v) is 21.1. The van der Waals surface area contributed by atoms with E-state index in [1.165, 1.54) is 54.6 Å². The van der Waals surface area contributed by atoms with E-state index in [9.17, 15) is 43.2 Å². The average molecular weight is 1100 g/mol. The van der Waals surface area contributed by atoms with E-state index in [4.69, 9.17) is 0 Å². The lowest BCUT2D eigenvalue weighted by atomic mass is 9.94. The van der Waals surface area contributed by atoms with Crippen molar-refractivity contribution in [2.24, 2.45) is 23.7 Å². The predicted octanol–water partition coefficient (Wildman–Crippen LogP) is 7.60. The highest BCUT2D eigenvalue weighted by molar-refractivity contribution is 6.13. The highest BCUT2D eigenvalue weighted by Crippen LogP contribution is 2.24. The first-order valence-electron chi connectivity index (χ1n) is 26.1. The van der Waals surface area contributed by atoms with Gasteiger partial charge in [0.25, 0.3) is 29.5 Å². The number of Topliss-reactive ketones (excluding diaryl/α,β-unsaturated/α-hetero) is 4. The maximum absolute atomic E-state index is 14.3. The standard InChI is InChI=1S/C56H62N16O9/c1-24(2)13-40-59-52-63-45(77)34-15-30(14-31(16-34)42(74)25(3)4)39(73)23-41-61-50(57-28(9)10)68-54(62-41)65-47(79)36-18-33(44(76)27(7)8)20-38(22-36)49(81)67-56-70-51(58-29(11)12)69-55(72-56)66-48(80)37-19-32(43(75)26(5)6)17-35(21-37)46(78)64-53(60-40)71-52/h14-22,24-29H,13,23H2,1-12H3,(H2,57,61,62,65,68,79)(H2,59,60,63,64,71,77,78)(H3,58,66,67,69,70,72,80,81). The molecule has 25 heteroatoms. The molecule has 12 bridgehead atoms. The number of benzene rings is 3. The lowest BCUT2D eigenvalue weighted by molar-refractivity contribution is 0.0930. The fourth-order valence-electron chi connectivity index (χ4n) is 7.92. The van der Waals surface area contributed by atoms with E-state index in [1.54, 1.807) is 69.2 Å². The molecule has 0 saturated carbocycles. The Morgan fingerprint density at radius 1 is 0.395 bits per heavy atom. The first kappa shape index (κ1) is 59.0. The maximum atomic E-state index is 14.3. The summed E-state index contributed by atoms with van der Waals surface area (Å²) in [6.45, 7) is 20.8. The lowest BCUT2D eigenvalue weighted by Gasteiger charge is -2.15. The summed E-state index contributed by atoms with van der Waals surface area (Å²) in [6, 6.07) is 11.0. The molecule has 0 radical (unpaired) electrons. The number of ketones is 4. The second-order valence-electron chi connectivity index (χ2n) is 21.1. The summed E-state index contributed by atoms with van der Waals surface area (Å²) in [4.78, 5) is 166. The quantitative estimate of drug-likeness (QED) is 0.0580. The molecule has 0 spiro atoms. The van der Waals surface area contributed by atoms with Crippen LogP contribution in [0.4, 0.5) is 41.6 Å². The number of rotatable bonds is 12. The number of hydrogen-bond acceptors (Lipinski definition) is 20. The summed E-state index contributed by atoms with van der Waals surface area (Å²) in [6.07, 6.45) is -0.266. The fraction of sp³-hybridized carbons (Fsp3) is 0.357. The van der Waals surface area contributed by atoms with Crippen molar-refractivity contribution < 1.29 is 43.2 Å². The predicted molar refractivity (Wildman–Crippen MR) is 300 cm³/mol. The van der Waals surface area contributed by atoms with Crippen molar-refractivity contribution in [3.05, 3.63) is 116 Å². The van der Waals surface area contributed by atoms with Gasteiger partial charge in [0.05, 0.1) is 6.42 Å². The minimum Gasteiger partial charge on any atom is -0.352 e. The number of amides is 5. The van der Waals surface area contributed by atoms with E-state index < -0.39 is 71.1 Å². The Labute approximate surface area is 466 Å². The monoisotopic (exact) mass is 1100 g/mol. The van der Waals surface area contributed by atoms with Crippen molar-refractivity contribution in [2.75, 3.05) is 37.2 Å². The van der Waals surface area contributed by atoms with Gasteiger partial charge in [-0.15, -0.1) is 0 Å². The zero-order valence-electron chi connectivity index (χ0n) is 46.8. The van der Waals surface area contributed by atoms with E-state index in [0.29, 0.717) is 0 Å². The Morgan fingerprint density at radius 2 is 0.691 bits per heavy atom. The summed E-state index contributed by atoms with van der Waals surface area (Å²) >= 11 is 0. The van der Waals surface area contributed by atoms with Gasteiger partial charge >= 0.3 is 0 Å². The minimum absolute atomic E-state index is 0.00398. The van der Waals surface area contributed by atoms with E-state index in [0.717, 1.165) is 0 Å². The van der Waals surface area contributed by atoms with Crippen molar-refractivity contribution in [1.82, 2.24) is 44.9 Å². The summed E-state index contributed by atoms with van der Waals surface area (Å²) in [5, 5.41) is 19.0. The van der Waals surface area contributed by atoms with Gasteiger partial charge in [-0.25, -0.2) is 0 Å². The van der Waals surface area contributed by atoms with E-state index in [2.05, 4.69) is 82.1 Å². The molecule has 0 fully saturated rings. The van der Waals surface area contributed by atoms with Gasteiger partial charge in [0.1, 0.15) is 11.6 Å². The second kappa shape index (κ2) is 25.0. The average Bonchev–Trinajstić information content (AvgIpc) is 3.53. The number of nitrogens with one attached hydrogen (secondary N) is 7. The maximum Gasteiger partial charge on any atom is 0.258 e. The third kappa shape index (κ3) is 15.3. The molecule has 5 amide bonds. The van der Waals surface area contributed by atoms with Crippen LogP contribution in [0.3, 0.4) is 0 Å². The van der Waals surface area contributed by atoms with Crippen LogP contribution in [0.2, 0.25) is 0 Å². The molecule has 25 nitrogen and oxygen atoms in total. The molecule has 0 unspecified atom stereocenters. The number of carbonyl (C=O) groups is 9. The molecule has 1 aliphatic heterocycles. The Kier molecular flexibility index (Phi) is 18.2. The van der Waals surface area contributed by atoms with Crippen LogP contribution in [0.25, 0.3) is 0 Å². The lowest BCUT2D eigenvalue weighted by Crippen LogP contribution is -2.23. The molecule has 81 heavy (non-hydrogen) atoms. The Morgan fingerprint density at radius 3 is 1.01 bits per heavy atom. The van der Waals surface area contributed by atoms with Crippen LogP contribution in [-0.4, -0.2) is 110 Å². The largest absolute Gasteiger partial charge is 0.352 e. The van der Waals surface area contributed by atoms with E-state index in [-0.39, 0.29) is 134 Å².